The highest BCUT2D eigenvalue weighted by molar-refractivity contribution is 5.25. The predicted molar refractivity (Wildman–Crippen MR) is 67.8 cm³/mol. The van der Waals surface area contributed by atoms with Gasteiger partial charge in [-0.3, -0.25) is 4.79 Å². The predicted octanol–water partition coefficient (Wildman–Crippen LogP) is 0.673. The second-order valence-corrected chi connectivity index (χ2v) is 4.80. The molecule has 1 fully saturated rings. The molecule has 0 aromatic carbocycles. The van der Waals surface area contributed by atoms with Gasteiger partial charge in [0.1, 0.15) is 11.6 Å². The number of hydrogen-bond acceptors (Lipinski definition) is 4. The highest BCUT2D eigenvalue weighted by Crippen LogP contribution is 2.29. The van der Waals surface area contributed by atoms with Crippen LogP contribution in [0.5, 0.6) is 0 Å². The van der Waals surface area contributed by atoms with Crippen LogP contribution >= 0.6 is 0 Å². The zero-order valence-electron chi connectivity index (χ0n) is 10.2. The molecular weight excluding hydrogens is 216 g/mol. The Morgan fingerprint density at radius 2 is 2.41 bits per heavy atom. The number of nitrogen functional groups attached to an aromatic ring is 1. The summed E-state index contributed by atoms with van der Waals surface area (Å²) in [5.74, 6) is 1.77. The lowest BCUT2D eigenvalue weighted by molar-refractivity contribution is 0.242. The summed E-state index contributed by atoms with van der Waals surface area (Å²) in [6, 6.07) is 1.85. The smallest absolute Gasteiger partial charge is 0.252 e. The maximum atomic E-state index is 11.2. The third-order valence-corrected chi connectivity index (χ3v) is 3.50. The molecule has 0 bridgehead atoms. The minimum Gasteiger partial charge on any atom is -0.383 e. The number of nitrogens with two attached hydrogens (primary N) is 1. The Kier molecular flexibility index (Phi) is 3.78. The first-order valence-electron chi connectivity index (χ1n) is 6.24. The Bertz CT molecular complexity index is 425. The first-order chi connectivity index (χ1) is 8.15. The van der Waals surface area contributed by atoms with Gasteiger partial charge in [-0.1, -0.05) is 6.42 Å². The van der Waals surface area contributed by atoms with Gasteiger partial charge in [0.05, 0.1) is 0 Å². The Labute approximate surface area is 101 Å². The number of H-pyrrole nitrogens is 1. The van der Waals surface area contributed by atoms with Crippen molar-refractivity contribution in [3.63, 3.8) is 0 Å². The maximum Gasteiger partial charge on any atom is 0.252 e. The van der Waals surface area contributed by atoms with E-state index >= 15 is 0 Å². The number of anilines is 1. The van der Waals surface area contributed by atoms with Crippen LogP contribution in [0.25, 0.3) is 0 Å². The molecule has 5 nitrogen and oxygen atoms in total. The summed E-state index contributed by atoms with van der Waals surface area (Å²) >= 11 is 0. The molecule has 2 rings (SSSR count). The summed E-state index contributed by atoms with van der Waals surface area (Å²) in [4.78, 5) is 18.0. The second kappa shape index (κ2) is 5.31. The Morgan fingerprint density at radius 3 is 3.00 bits per heavy atom. The van der Waals surface area contributed by atoms with Gasteiger partial charge in [0, 0.05) is 25.1 Å². The van der Waals surface area contributed by atoms with E-state index in [0.29, 0.717) is 18.3 Å². The third kappa shape index (κ3) is 3.30. The first-order valence-corrected chi connectivity index (χ1v) is 6.24. The average molecular weight is 236 g/mol. The van der Waals surface area contributed by atoms with Crippen LogP contribution in [-0.4, -0.2) is 22.6 Å². The third-order valence-electron chi connectivity index (χ3n) is 3.50. The zero-order chi connectivity index (χ0) is 12.3. The zero-order valence-corrected chi connectivity index (χ0v) is 10.2. The van der Waals surface area contributed by atoms with Crippen LogP contribution in [0.4, 0.5) is 5.82 Å². The standard InChI is InChI=1S/C12H20N4O/c1-8(9-3-2-4-9)14-6-5-11-15-10(13)7-12(17)16-11/h7-9,14H,2-6H2,1H3,(H3,13,15,16,17). The molecule has 0 amide bonds. The summed E-state index contributed by atoms with van der Waals surface area (Å²) in [6.07, 6.45) is 4.74. The topological polar surface area (TPSA) is 83.8 Å². The van der Waals surface area contributed by atoms with E-state index in [1.807, 2.05) is 0 Å². The van der Waals surface area contributed by atoms with Crippen LogP contribution in [0.1, 0.15) is 32.0 Å². The Morgan fingerprint density at radius 1 is 1.65 bits per heavy atom. The highest BCUT2D eigenvalue weighted by Gasteiger charge is 2.23. The van der Waals surface area contributed by atoms with Crippen LogP contribution in [0, 0.1) is 5.92 Å². The van der Waals surface area contributed by atoms with Crippen molar-refractivity contribution >= 4 is 5.82 Å². The van der Waals surface area contributed by atoms with E-state index in [0.717, 1.165) is 12.5 Å². The van der Waals surface area contributed by atoms with Gasteiger partial charge in [0.15, 0.2) is 0 Å². The van der Waals surface area contributed by atoms with E-state index < -0.39 is 0 Å². The Balaban J connectivity index is 1.79. The molecule has 4 N–H and O–H groups in total. The quantitative estimate of drug-likeness (QED) is 0.701. The van der Waals surface area contributed by atoms with Crippen LogP contribution < -0.4 is 16.6 Å². The fourth-order valence-corrected chi connectivity index (χ4v) is 2.17. The van der Waals surface area contributed by atoms with E-state index in [1.54, 1.807) is 0 Å². The largest absolute Gasteiger partial charge is 0.383 e. The number of aromatic amines is 1. The van der Waals surface area contributed by atoms with Crippen molar-refractivity contribution in [3.05, 3.63) is 22.2 Å². The molecule has 5 heteroatoms. The number of aromatic nitrogens is 2. The molecule has 1 atom stereocenters. The van der Waals surface area contributed by atoms with Crippen molar-refractivity contribution in [1.82, 2.24) is 15.3 Å². The maximum absolute atomic E-state index is 11.2. The van der Waals surface area contributed by atoms with Crippen LogP contribution in [0.2, 0.25) is 0 Å². The molecule has 1 aromatic heterocycles. The van der Waals surface area contributed by atoms with Crippen molar-refractivity contribution in [1.29, 1.82) is 0 Å². The molecule has 1 aliphatic rings. The van der Waals surface area contributed by atoms with Crippen molar-refractivity contribution in [3.8, 4) is 0 Å². The summed E-state index contributed by atoms with van der Waals surface area (Å²) in [6.45, 7) is 3.05. The van der Waals surface area contributed by atoms with Crippen molar-refractivity contribution < 1.29 is 0 Å². The lowest BCUT2D eigenvalue weighted by atomic mass is 9.80. The summed E-state index contributed by atoms with van der Waals surface area (Å²) in [5, 5.41) is 3.47. The molecule has 0 spiro atoms. The number of nitrogens with zero attached hydrogens (tertiary/aromatic N) is 1. The number of nitrogens with one attached hydrogen (secondary N) is 2. The van der Waals surface area contributed by atoms with Gasteiger partial charge in [-0.25, -0.2) is 4.98 Å². The molecule has 1 saturated carbocycles. The average Bonchev–Trinajstić information content (AvgIpc) is 2.12. The lowest BCUT2D eigenvalue weighted by Gasteiger charge is -2.32. The summed E-state index contributed by atoms with van der Waals surface area (Å²) in [7, 11) is 0. The van der Waals surface area contributed by atoms with Crippen molar-refractivity contribution in [2.24, 2.45) is 5.92 Å². The normalized spacial score (nSPS) is 17.7. The molecule has 17 heavy (non-hydrogen) atoms. The van der Waals surface area contributed by atoms with E-state index in [-0.39, 0.29) is 11.4 Å². The van der Waals surface area contributed by atoms with Crippen LogP contribution in [-0.2, 0) is 6.42 Å². The van der Waals surface area contributed by atoms with Gasteiger partial charge in [-0.05, 0) is 25.7 Å². The molecule has 0 aliphatic heterocycles. The van der Waals surface area contributed by atoms with Gasteiger partial charge in [-0.2, -0.15) is 0 Å². The number of hydrogen-bond donors (Lipinski definition) is 3. The van der Waals surface area contributed by atoms with Gasteiger partial charge in [0.2, 0.25) is 0 Å². The van der Waals surface area contributed by atoms with E-state index in [1.165, 1.54) is 25.3 Å². The van der Waals surface area contributed by atoms with E-state index in [9.17, 15) is 4.79 Å². The van der Waals surface area contributed by atoms with Crippen LogP contribution in [0.15, 0.2) is 10.9 Å². The molecular formula is C12H20N4O. The summed E-state index contributed by atoms with van der Waals surface area (Å²) in [5.41, 5.74) is 5.34. The molecule has 1 heterocycles. The van der Waals surface area contributed by atoms with Gasteiger partial charge < -0.3 is 16.0 Å². The fraction of sp³-hybridized carbons (Fsp3) is 0.667. The van der Waals surface area contributed by atoms with E-state index in [4.69, 9.17) is 5.73 Å². The van der Waals surface area contributed by atoms with E-state index in [2.05, 4.69) is 22.2 Å². The molecule has 0 radical (unpaired) electrons. The molecule has 1 aliphatic carbocycles. The monoisotopic (exact) mass is 236 g/mol. The highest BCUT2D eigenvalue weighted by atomic mass is 16.1. The Hall–Kier alpha value is -1.36. The molecule has 94 valence electrons. The minimum absolute atomic E-state index is 0.181. The molecule has 0 saturated heterocycles. The van der Waals surface area contributed by atoms with Gasteiger partial charge in [0.25, 0.3) is 5.56 Å². The summed E-state index contributed by atoms with van der Waals surface area (Å²) < 4.78 is 0. The van der Waals surface area contributed by atoms with Gasteiger partial charge >= 0.3 is 0 Å². The van der Waals surface area contributed by atoms with Crippen molar-refractivity contribution in [2.75, 3.05) is 12.3 Å². The fourth-order valence-electron chi connectivity index (χ4n) is 2.17. The lowest BCUT2D eigenvalue weighted by Crippen LogP contribution is -2.38. The van der Waals surface area contributed by atoms with Crippen molar-refractivity contribution in [2.45, 2.75) is 38.6 Å². The first kappa shape index (κ1) is 12.1. The SMILES string of the molecule is CC(NCCc1nc(N)cc(=O)[nH]1)C1CCC1. The second-order valence-electron chi connectivity index (χ2n) is 4.80. The van der Waals surface area contributed by atoms with Gasteiger partial charge in [-0.15, -0.1) is 0 Å². The minimum atomic E-state index is -0.181. The molecule has 1 aromatic rings. The van der Waals surface area contributed by atoms with Crippen LogP contribution in [0.3, 0.4) is 0 Å². The number of rotatable bonds is 5. The molecule has 1 unspecified atom stereocenters.